The molecule has 0 radical (unpaired) electrons. The highest BCUT2D eigenvalue weighted by Crippen LogP contribution is 2.09. The molecule has 16 heavy (non-hydrogen) atoms. The van der Waals surface area contributed by atoms with Gasteiger partial charge in [0.2, 0.25) is 0 Å². The Morgan fingerprint density at radius 2 is 2.00 bits per heavy atom. The van der Waals surface area contributed by atoms with Crippen molar-refractivity contribution in [2.24, 2.45) is 7.05 Å². The molecule has 4 heteroatoms. The fourth-order valence-electron chi connectivity index (χ4n) is 1.37. The molecular weight excluding hydrogens is 200 g/mol. The molecule has 0 spiro atoms. The topological polar surface area (TPSA) is 54.5 Å². The Balaban J connectivity index is 2.31. The first-order chi connectivity index (χ1) is 7.81. The van der Waals surface area contributed by atoms with Crippen molar-refractivity contribution < 1.29 is 0 Å². The van der Waals surface area contributed by atoms with Gasteiger partial charge in [0.05, 0.1) is 5.69 Å². The van der Waals surface area contributed by atoms with E-state index in [9.17, 15) is 0 Å². The van der Waals surface area contributed by atoms with Gasteiger partial charge < -0.3 is 0 Å². The molecule has 0 aliphatic rings. The van der Waals surface area contributed by atoms with Crippen molar-refractivity contribution in [3.8, 4) is 6.07 Å². The predicted octanol–water partition coefficient (Wildman–Crippen LogP) is 1.86. The third-order valence-electron chi connectivity index (χ3n) is 2.21. The van der Waals surface area contributed by atoms with Crippen LogP contribution in [0.5, 0.6) is 0 Å². The van der Waals surface area contributed by atoms with Crippen LogP contribution in [0.15, 0.2) is 30.3 Å². The molecule has 0 fully saturated rings. The number of benzene rings is 1. The maximum absolute atomic E-state index is 8.83. The Kier molecular flexibility index (Phi) is 2.79. The van der Waals surface area contributed by atoms with E-state index in [0.717, 1.165) is 5.56 Å². The van der Waals surface area contributed by atoms with Crippen molar-refractivity contribution in [3.63, 3.8) is 0 Å². The van der Waals surface area contributed by atoms with Gasteiger partial charge in [-0.25, -0.2) is 4.68 Å². The lowest BCUT2D eigenvalue weighted by Crippen LogP contribution is -1.93. The smallest absolute Gasteiger partial charge is 0.189 e. The minimum absolute atomic E-state index is 0.342. The first-order valence-electron chi connectivity index (χ1n) is 4.84. The lowest BCUT2D eigenvalue weighted by atomic mass is 10.2. The molecule has 0 bridgehead atoms. The highest BCUT2D eigenvalue weighted by Gasteiger charge is 2.05. The molecule has 78 valence electrons. The molecular formula is C12H10N4. The standard InChI is InChI=1S/C12H10N4/c1-16-12(11(9-13)14-15-16)8-7-10-5-3-2-4-6-10/h2-8H,1H3/b8-7+. The monoisotopic (exact) mass is 210 g/mol. The zero-order chi connectivity index (χ0) is 11.4. The van der Waals surface area contributed by atoms with Crippen molar-refractivity contribution in [3.05, 3.63) is 47.3 Å². The van der Waals surface area contributed by atoms with E-state index in [1.54, 1.807) is 11.7 Å². The van der Waals surface area contributed by atoms with Crippen LogP contribution < -0.4 is 0 Å². The summed E-state index contributed by atoms with van der Waals surface area (Å²) >= 11 is 0. The summed E-state index contributed by atoms with van der Waals surface area (Å²) in [7, 11) is 1.76. The van der Waals surface area contributed by atoms with E-state index in [1.165, 1.54) is 0 Å². The summed E-state index contributed by atoms with van der Waals surface area (Å²) in [6, 6.07) is 11.9. The summed E-state index contributed by atoms with van der Waals surface area (Å²) in [6.07, 6.45) is 3.77. The fraction of sp³-hybridized carbons (Fsp3) is 0.0833. The second kappa shape index (κ2) is 4.41. The summed E-state index contributed by atoms with van der Waals surface area (Å²) in [4.78, 5) is 0. The molecule has 0 aliphatic carbocycles. The van der Waals surface area contributed by atoms with E-state index in [2.05, 4.69) is 10.3 Å². The maximum atomic E-state index is 8.83. The van der Waals surface area contributed by atoms with E-state index in [0.29, 0.717) is 11.4 Å². The molecule has 0 atom stereocenters. The summed E-state index contributed by atoms with van der Waals surface area (Å²) in [5.74, 6) is 0. The zero-order valence-electron chi connectivity index (χ0n) is 8.83. The van der Waals surface area contributed by atoms with Crippen LogP contribution in [0.3, 0.4) is 0 Å². The maximum Gasteiger partial charge on any atom is 0.189 e. The van der Waals surface area contributed by atoms with Gasteiger partial charge in [0.1, 0.15) is 6.07 Å². The van der Waals surface area contributed by atoms with Crippen LogP contribution in [0.25, 0.3) is 12.2 Å². The van der Waals surface area contributed by atoms with Crippen LogP contribution in [0.4, 0.5) is 0 Å². The van der Waals surface area contributed by atoms with Gasteiger partial charge >= 0.3 is 0 Å². The van der Waals surface area contributed by atoms with Crippen molar-refractivity contribution in [2.45, 2.75) is 0 Å². The van der Waals surface area contributed by atoms with Crippen molar-refractivity contribution in [1.82, 2.24) is 15.0 Å². The van der Waals surface area contributed by atoms with Gasteiger partial charge in [-0.1, -0.05) is 41.6 Å². The average Bonchev–Trinajstić information content (AvgIpc) is 2.69. The average molecular weight is 210 g/mol. The number of nitriles is 1. The molecule has 4 nitrogen and oxygen atoms in total. The second-order valence-electron chi connectivity index (χ2n) is 3.30. The Bertz CT molecular complexity index is 546. The third kappa shape index (κ3) is 1.98. The summed E-state index contributed by atoms with van der Waals surface area (Å²) in [5.41, 5.74) is 2.13. The van der Waals surface area contributed by atoms with Crippen LogP contribution in [-0.4, -0.2) is 15.0 Å². The van der Waals surface area contributed by atoms with Gasteiger partial charge in [-0.15, -0.1) is 5.10 Å². The van der Waals surface area contributed by atoms with E-state index in [1.807, 2.05) is 48.6 Å². The molecule has 0 saturated carbocycles. The summed E-state index contributed by atoms with van der Waals surface area (Å²) in [6.45, 7) is 0. The van der Waals surface area contributed by atoms with Crippen molar-refractivity contribution in [1.29, 1.82) is 5.26 Å². The first kappa shape index (κ1) is 10.1. The first-order valence-corrected chi connectivity index (χ1v) is 4.84. The molecule has 1 aromatic carbocycles. The van der Waals surface area contributed by atoms with Crippen LogP contribution in [0.1, 0.15) is 17.0 Å². The predicted molar refractivity (Wildman–Crippen MR) is 61.1 cm³/mol. The van der Waals surface area contributed by atoms with Gasteiger partial charge in [0.15, 0.2) is 5.69 Å². The molecule has 1 aromatic heterocycles. The zero-order valence-corrected chi connectivity index (χ0v) is 8.83. The van der Waals surface area contributed by atoms with Gasteiger partial charge in [-0.2, -0.15) is 5.26 Å². The lowest BCUT2D eigenvalue weighted by Gasteiger charge is -1.93. The quantitative estimate of drug-likeness (QED) is 0.760. The summed E-state index contributed by atoms with van der Waals surface area (Å²) in [5, 5.41) is 16.4. The molecule has 1 heterocycles. The number of rotatable bonds is 2. The number of aryl methyl sites for hydroxylation is 1. The van der Waals surface area contributed by atoms with E-state index >= 15 is 0 Å². The van der Waals surface area contributed by atoms with Gasteiger partial charge in [-0.3, -0.25) is 0 Å². The molecule has 2 aromatic rings. The second-order valence-corrected chi connectivity index (χ2v) is 3.30. The Morgan fingerprint density at radius 3 is 2.69 bits per heavy atom. The molecule has 2 rings (SSSR count). The highest BCUT2D eigenvalue weighted by atomic mass is 15.4. The van der Waals surface area contributed by atoms with E-state index in [4.69, 9.17) is 5.26 Å². The van der Waals surface area contributed by atoms with Crippen molar-refractivity contribution >= 4 is 12.2 Å². The van der Waals surface area contributed by atoms with E-state index < -0.39 is 0 Å². The molecule has 0 saturated heterocycles. The minimum Gasteiger partial charge on any atom is -0.247 e. The van der Waals surface area contributed by atoms with E-state index in [-0.39, 0.29) is 0 Å². The number of aromatic nitrogens is 3. The fourth-order valence-corrected chi connectivity index (χ4v) is 1.37. The molecule has 0 unspecified atom stereocenters. The Morgan fingerprint density at radius 1 is 1.25 bits per heavy atom. The van der Waals surface area contributed by atoms with Crippen LogP contribution in [0, 0.1) is 11.3 Å². The number of nitrogens with zero attached hydrogens (tertiary/aromatic N) is 4. The largest absolute Gasteiger partial charge is 0.247 e. The third-order valence-corrected chi connectivity index (χ3v) is 2.21. The Hall–Kier alpha value is -2.41. The number of hydrogen-bond acceptors (Lipinski definition) is 3. The number of hydrogen-bond donors (Lipinski definition) is 0. The summed E-state index contributed by atoms with van der Waals surface area (Å²) < 4.78 is 1.58. The SMILES string of the molecule is Cn1nnc(C#N)c1/C=C/c1ccccc1. The molecule has 0 amide bonds. The minimum atomic E-state index is 0.342. The van der Waals surface area contributed by atoms with Gasteiger partial charge in [0, 0.05) is 7.05 Å². The molecule has 0 aliphatic heterocycles. The van der Waals surface area contributed by atoms with Crippen molar-refractivity contribution in [2.75, 3.05) is 0 Å². The highest BCUT2D eigenvalue weighted by molar-refractivity contribution is 5.69. The van der Waals surface area contributed by atoms with Gasteiger partial charge in [-0.05, 0) is 11.6 Å². The Labute approximate surface area is 93.4 Å². The molecule has 0 N–H and O–H groups in total. The lowest BCUT2D eigenvalue weighted by molar-refractivity contribution is 0.709. The van der Waals surface area contributed by atoms with Crippen LogP contribution in [0.2, 0.25) is 0 Å². The van der Waals surface area contributed by atoms with Crippen LogP contribution >= 0.6 is 0 Å². The van der Waals surface area contributed by atoms with Crippen LogP contribution in [-0.2, 0) is 7.05 Å². The van der Waals surface area contributed by atoms with Gasteiger partial charge in [0.25, 0.3) is 0 Å². The normalized spacial score (nSPS) is 10.5.